The maximum absolute atomic E-state index is 12.3. The normalized spacial score (nSPS) is 21.2. The van der Waals surface area contributed by atoms with Crippen LogP contribution in [0.5, 0.6) is 0 Å². The maximum atomic E-state index is 12.3. The summed E-state index contributed by atoms with van der Waals surface area (Å²) in [5.41, 5.74) is 0.00805. The van der Waals surface area contributed by atoms with Gasteiger partial charge in [0.15, 0.2) is 6.10 Å². The van der Waals surface area contributed by atoms with Crippen molar-refractivity contribution in [3.63, 3.8) is 0 Å². The number of nitrogens with one attached hydrogen (secondary N) is 1. The number of carbonyl (C=O) groups excluding carboxylic acids is 2. The van der Waals surface area contributed by atoms with Gasteiger partial charge in [-0.2, -0.15) is 0 Å². The lowest BCUT2D eigenvalue weighted by molar-refractivity contribution is -0.384. The fourth-order valence-corrected chi connectivity index (χ4v) is 2.26. The van der Waals surface area contributed by atoms with Gasteiger partial charge in [-0.3, -0.25) is 10.1 Å². The molecule has 0 fully saturated rings. The van der Waals surface area contributed by atoms with Crippen LogP contribution in [0.3, 0.4) is 0 Å². The number of alkyl carbamates (subject to hydrolysis) is 1. The van der Waals surface area contributed by atoms with Crippen LogP contribution in [0, 0.1) is 10.1 Å². The third-order valence-electron chi connectivity index (χ3n) is 3.57. The topological polar surface area (TPSA) is 117 Å². The molecule has 0 aliphatic carbocycles. The summed E-state index contributed by atoms with van der Waals surface area (Å²) in [5, 5.41) is 13.2. The van der Waals surface area contributed by atoms with E-state index in [-0.39, 0.29) is 17.9 Å². The molecule has 0 bridgehead atoms. The summed E-state index contributed by atoms with van der Waals surface area (Å²) in [6.07, 6.45) is 2.34. The lowest BCUT2D eigenvalue weighted by Gasteiger charge is -2.32. The number of rotatable bonds is 6. The number of esters is 1. The van der Waals surface area contributed by atoms with Crippen LogP contribution in [0.4, 0.5) is 10.5 Å². The van der Waals surface area contributed by atoms with Crippen molar-refractivity contribution in [2.24, 2.45) is 0 Å². The molecule has 138 valence electrons. The SMILES string of the molecule is C=CCOC(=O)N[C@H]1C=CO[C@@H](C)[C@H]1OC(=O)c1ccc([N+](=O)[O-])cc1. The van der Waals surface area contributed by atoms with Crippen molar-refractivity contribution >= 4 is 17.7 Å². The molecule has 0 radical (unpaired) electrons. The molecule has 1 heterocycles. The molecule has 9 nitrogen and oxygen atoms in total. The minimum atomic E-state index is -0.807. The van der Waals surface area contributed by atoms with E-state index in [0.717, 1.165) is 0 Å². The van der Waals surface area contributed by atoms with E-state index in [9.17, 15) is 19.7 Å². The molecule has 0 unspecified atom stereocenters. The predicted octanol–water partition coefficient (Wildman–Crippen LogP) is 2.33. The van der Waals surface area contributed by atoms with Crippen molar-refractivity contribution in [1.29, 1.82) is 0 Å². The van der Waals surface area contributed by atoms with Gasteiger partial charge in [0.1, 0.15) is 12.7 Å². The Hall–Kier alpha value is -3.36. The average molecular weight is 362 g/mol. The number of amides is 1. The fraction of sp³-hybridized carbons (Fsp3) is 0.294. The van der Waals surface area contributed by atoms with Gasteiger partial charge in [-0.15, -0.1) is 0 Å². The van der Waals surface area contributed by atoms with E-state index in [1.165, 1.54) is 42.7 Å². The smallest absolute Gasteiger partial charge is 0.408 e. The van der Waals surface area contributed by atoms with Gasteiger partial charge in [-0.05, 0) is 25.1 Å². The van der Waals surface area contributed by atoms with Crippen LogP contribution < -0.4 is 5.32 Å². The molecule has 0 aromatic heterocycles. The largest absolute Gasteiger partial charge is 0.495 e. The van der Waals surface area contributed by atoms with E-state index in [1.807, 2.05) is 0 Å². The highest BCUT2D eigenvalue weighted by Crippen LogP contribution is 2.19. The number of ether oxygens (including phenoxy) is 3. The first-order chi connectivity index (χ1) is 12.4. The maximum Gasteiger partial charge on any atom is 0.408 e. The number of nitro benzene ring substituents is 1. The highest BCUT2D eigenvalue weighted by atomic mass is 16.6. The van der Waals surface area contributed by atoms with Crippen LogP contribution in [-0.4, -0.2) is 41.8 Å². The second kappa shape index (κ2) is 8.65. The second-order valence-corrected chi connectivity index (χ2v) is 5.40. The molecule has 1 aliphatic heterocycles. The highest BCUT2D eigenvalue weighted by molar-refractivity contribution is 5.89. The third-order valence-corrected chi connectivity index (χ3v) is 3.57. The average Bonchev–Trinajstić information content (AvgIpc) is 2.62. The minimum absolute atomic E-state index is 0.0432. The number of non-ortho nitro benzene ring substituents is 1. The van der Waals surface area contributed by atoms with Gasteiger partial charge in [-0.1, -0.05) is 12.7 Å². The summed E-state index contributed by atoms with van der Waals surface area (Å²) in [5.74, 6) is -0.693. The first-order valence-electron chi connectivity index (χ1n) is 7.74. The van der Waals surface area contributed by atoms with E-state index >= 15 is 0 Å². The molecule has 0 saturated heterocycles. The molecule has 1 aliphatic rings. The second-order valence-electron chi connectivity index (χ2n) is 5.40. The van der Waals surface area contributed by atoms with E-state index in [2.05, 4.69) is 11.9 Å². The Kier molecular flexibility index (Phi) is 6.31. The molecule has 9 heteroatoms. The van der Waals surface area contributed by atoms with Crippen LogP contribution in [0.25, 0.3) is 0 Å². The summed E-state index contributed by atoms with van der Waals surface area (Å²) in [4.78, 5) is 34.1. The minimum Gasteiger partial charge on any atom is -0.495 e. The first-order valence-corrected chi connectivity index (χ1v) is 7.74. The summed E-state index contributed by atoms with van der Waals surface area (Å²) < 4.78 is 15.6. The van der Waals surface area contributed by atoms with Crippen molar-refractivity contribution in [1.82, 2.24) is 5.32 Å². The van der Waals surface area contributed by atoms with E-state index in [4.69, 9.17) is 14.2 Å². The molecule has 1 aromatic rings. The molecule has 26 heavy (non-hydrogen) atoms. The van der Waals surface area contributed by atoms with Crippen LogP contribution in [0.1, 0.15) is 17.3 Å². The Bertz CT molecular complexity index is 714. The fourth-order valence-electron chi connectivity index (χ4n) is 2.26. The van der Waals surface area contributed by atoms with Crippen molar-refractivity contribution in [3.8, 4) is 0 Å². The van der Waals surface area contributed by atoms with Crippen LogP contribution in [-0.2, 0) is 14.2 Å². The van der Waals surface area contributed by atoms with Crippen LogP contribution in [0.15, 0.2) is 49.3 Å². The summed E-state index contributed by atoms with van der Waals surface area (Å²) >= 11 is 0. The van der Waals surface area contributed by atoms with Gasteiger partial charge in [0.25, 0.3) is 5.69 Å². The Morgan fingerprint density at radius 1 is 1.38 bits per heavy atom. The van der Waals surface area contributed by atoms with Gasteiger partial charge in [0.05, 0.1) is 22.8 Å². The zero-order valence-electron chi connectivity index (χ0n) is 14.0. The lowest BCUT2D eigenvalue weighted by atomic mass is 10.0. The molecule has 3 atom stereocenters. The Labute approximate surface area is 149 Å². The summed E-state index contributed by atoms with van der Waals surface area (Å²) in [6, 6.07) is 4.36. The molecule has 1 N–H and O–H groups in total. The van der Waals surface area contributed by atoms with Crippen LogP contribution in [0.2, 0.25) is 0 Å². The number of hydrogen-bond donors (Lipinski definition) is 1. The molecule has 0 saturated carbocycles. The number of nitro groups is 1. The van der Waals surface area contributed by atoms with Crippen molar-refractivity contribution < 1.29 is 28.7 Å². The van der Waals surface area contributed by atoms with E-state index < -0.39 is 35.2 Å². The quantitative estimate of drug-likeness (QED) is 0.357. The Morgan fingerprint density at radius 2 is 2.08 bits per heavy atom. The molecule has 2 rings (SSSR count). The third kappa shape index (κ3) is 4.82. The van der Waals surface area contributed by atoms with Gasteiger partial charge >= 0.3 is 12.1 Å². The van der Waals surface area contributed by atoms with Gasteiger partial charge < -0.3 is 19.5 Å². The zero-order valence-corrected chi connectivity index (χ0v) is 14.0. The summed E-state index contributed by atoms with van der Waals surface area (Å²) in [7, 11) is 0. The summed E-state index contributed by atoms with van der Waals surface area (Å²) in [6.45, 7) is 5.17. The molecular formula is C17H18N2O7. The first kappa shape index (κ1) is 19.0. The highest BCUT2D eigenvalue weighted by Gasteiger charge is 2.34. The van der Waals surface area contributed by atoms with E-state index in [1.54, 1.807) is 6.92 Å². The van der Waals surface area contributed by atoms with Crippen LogP contribution >= 0.6 is 0 Å². The van der Waals surface area contributed by atoms with Crippen molar-refractivity contribution in [3.05, 3.63) is 64.9 Å². The van der Waals surface area contributed by atoms with E-state index in [0.29, 0.717) is 0 Å². The van der Waals surface area contributed by atoms with Gasteiger partial charge in [-0.25, -0.2) is 9.59 Å². The molecular weight excluding hydrogens is 344 g/mol. The lowest BCUT2D eigenvalue weighted by Crippen LogP contribution is -2.51. The van der Waals surface area contributed by atoms with Crippen molar-refractivity contribution in [2.45, 2.75) is 25.2 Å². The molecule has 1 aromatic carbocycles. The number of nitrogens with zero attached hydrogens (tertiary/aromatic N) is 1. The molecule has 0 spiro atoms. The number of hydrogen-bond acceptors (Lipinski definition) is 7. The standard InChI is InChI=1S/C17H18N2O7/c1-3-9-25-17(21)18-14-8-10-24-11(2)15(14)26-16(20)12-4-6-13(7-5-12)19(22)23/h3-8,10-11,14-15H,1,9H2,2H3,(H,18,21)/t11-,14-,15+/m0/s1. The number of benzene rings is 1. The van der Waals surface area contributed by atoms with Gasteiger partial charge in [0.2, 0.25) is 0 Å². The van der Waals surface area contributed by atoms with Crippen molar-refractivity contribution in [2.75, 3.05) is 6.61 Å². The number of carbonyl (C=O) groups is 2. The predicted molar refractivity (Wildman–Crippen MR) is 90.5 cm³/mol. The zero-order chi connectivity index (χ0) is 19.1. The monoisotopic (exact) mass is 362 g/mol. The van der Waals surface area contributed by atoms with Gasteiger partial charge in [0, 0.05) is 12.1 Å². The molecule has 1 amide bonds. The Morgan fingerprint density at radius 3 is 2.69 bits per heavy atom. The Balaban J connectivity index is 2.06.